The zero-order valence-corrected chi connectivity index (χ0v) is 11.4. The molecule has 0 atom stereocenters. The number of anilines is 1. The van der Waals surface area contributed by atoms with E-state index in [2.05, 4.69) is 17.0 Å². The highest BCUT2D eigenvalue weighted by molar-refractivity contribution is 5.97. The third kappa shape index (κ3) is 2.32. The van der Waals surface area contributed by atoms with Gasteiger partial charge in [0.05, 0.1) is 13.2 Å². The van der Waals surface area contributed by atoms with Gasteiger partial charge in [0, 0.05) is 37.4 Å². The number of carbonyl (C=O) groups is 1. The van der Waals surface area contributed by atoms with Crippen LogP contribution in [0.15, 0.2) is 18.2 Å². The van der Waals surface area contributed by atoms with E-state index in [1.54, 1.807) is 0 Å². The number of likely N-dealkylation sites (N-methyl/N-ethyl adjacent to an activating group) is 1. The molecule has 2 aliphatic rings. The standard InChI is InChI=1S/C15H20N2O2/c1-2-16-6-5-12-11-13(3-4-14(12)15(16)18)17-7-9-19-10-8-17/h3-4,11H,2,5-10H2,1H3. The number of ether oxygens (including phenoxy) is 1. The average Bonchev–Trinajstić information content (AvgIpc) is 2.48. The molecule has 0 unspecified atom stereocenters. The smallest absolute Gasteiger partial charge is 0.254 e. The molecule has 1 saturated heterocycles. The van der Waals surface area contributed by atoms with Crippen LogP contribution in [0.4, 0.5) is 5.69 Å². The molecule has 0 saturated carbocycles. The van der Waals surface area contributed by atoms with Gasteiger partial charge in [-0.2, -0.15) is 0 Å². The van der Waals surface area contributed by atoms with Gasteiger partial charge in [0.25, 0.3) is 5.91 Å². The van der Waals surface area contributed by atoms with E-state index in [1.807, 2.05) is 17.9 Å². The van der Waals surface area contributed by atoms with Gasteiger partial charge < -0.3 is 14.5 Å². The maximum absolute atomic E-state index is 12.2. The van der Waals surface area contributed by atoms with Crippen molar-refractivity contribution >= 4 is 11.6 Å². The van der Waals surface area contributed by atoms with Crippen molar-refractivity contribution in [2.24, 2.45) is 0 Å². The van der Waals surface area contributed by atoms with Crippen LogP contribution < -0.4 is 4.90 Å². The number of carbonyl (C=O) groups excluding carboxylic acids is 1. The van der Waals surface area contributed by atoms with Gasteiger partial charge in [-0.1, -0.05) is 0 Å². The van der Waals surface area contributed by atoms with Crippen LogP contribution in [0.25, 0.3) is 0 Å². The molecular formula is C15H20N2O2. The first kappa shape index (κ1) is 12.5. The summed E-state index contributed by atoms with van der Waals surface area (Å²) in [5.41, 5.74) is 3.29. The van der Waals surface area contributed by atoms with Crippen molar-refractivity contribution in [1.82, 2.24) is 4.90 Å². The van der Waals surface area contributed by atoms with E-state index in [1.165, 1.54) is 11.3 Å². The van der Waals surface area contributed by atoms with E-state index >= 15 is 0 Å². The SMILES string of the molecule is CCN1CCc2cc(N3CCOCC3)ccc2C1=O. The van der Waals surface area contributed by atoms with Crippen molar-refractivity contribution in [2.75, 3.05) is 44.3 Å². The van der Waals surface area contributed by atoms with Crippen LogP contribution in [0.3, 0.4) is 0 Å². The number of morpholine rings is 1. The van der Waals surface area contributed by atoms with Crippen molar-refractivity contribution in [1.29, 1.82) is 0 Å². The lowest BCUT2D eigenvalue weighted by Gasteiger charge is -2.31. The van der Waals surface area contributed by atoms with Gasteiger partial charge >= 0.3 is 0 Å². The largest absolute Gasteiger partial charge is 0.378 e. The first-order chi connectivity index (χ1) is 9.29. The molecule has 2 aliphatic heterocycles. The molecule has 3 rings (SSSR count). The van der Waals surface area contributed by atoms with Crippen LogP contribution in [0.1, 0.15) is 22.8 Å². The van der Waals surface area contributed by atoms with Crippen LogP contribution in [0.5, 0.6) is 0 Å². The molecule has 0 radical (unpaired) electrons. The van der Waals surface area contributed by atoms with Crippen molar-refractivity contribution in [2.45, 2.75) is 13.3 Å². The summed E-state index contributed by atoms with van der Waals surface area (Å²) in [6.45, 7) is 7.13. The molecule has 1 aromatic rings. The van der Waals surface area contributed by atoms with Gasteiger partial charge in [-0.15, -0.1) is 0 Å². The normalized spacial score (nSPS) is 19.5. The summed E-state index contributed by atoms with van der Waals surface area (Å²) in [4.78, 5) is 16.5. The third-order valence-electron chi connectivity index (χ3n) is 4.02. The van der Waals surface area contributed by atoms with E-state index < -0.39 is 0 Å². The van der Waals surface area contributed by atoms with Crippen molar-refractivity contribution in [3.8, 4) is 0 Å². The summed E-state index contributed by atoms with van der Waals surface area (Å²) in [6, 6.07) is 6.25. The first-order valence-corrected chi connectivity index (χ1v) is 7.04. The molecule has 0 aliphatic carbocycles. The maximum Gasteiger partial charge on any atom is 0.254 e. The molecule has 4 nitrogen and oxygen atoms in total. The summed E-state index contributed by atoms with van der Waals surface area (Å²) < 4.78 is 5.38. The lowest BCUT2D eigenvalue weighted by atomic mass is 9.98. The van der Waals surface area contributed by atoms with Crippen LogP contribution in [0, 0.1) is 0 Å². The lowest BCUT2D eigenvalue weighted by molar-refractivity contribution is 0.0749. The molecule has 1 amide bonds. The van der Waals surface area contributed by atoms with Crippen molar-refractivity contribution in [3.05, 3.63) is 29.3 Å². The van der Waals surface area contributed by atoms with Crippen LogP contribution >= 0.6 is 0 Å². The Bertz CT molecular complexity index is 481. The number of hydrogen-bond donors (Lipinski definition) is 0. The highest BCUT2D eigenvalue weighted by atomic mass is 16.5. The Kier molecular flexibility index (Phi) is 3.42. The minimum absolute atomic E-state index is 0.178. The molecule has 2 heterocycles. The number of nitrogens with zero attached hydrogens (tertiary/aromatic N) is 2. The second-order valence-electron chi connectivity index (χ2n) is 5.08. The van der Waals surface area contributed by atoms with Gasteiger partial charge in [0.15, 0.2) is 0 Å². The topological polar surface area (TPSA) is 32.8 Å². The van der Waals surface area contributed by atoms with Crippen LogP contribution in [-0.2, 0) is 11.2 Å². The quantitative estimate of drug-likeness (QED) is 0.808. The number of fused-ring (bicyclic) bond motifs is 1. The molecule has 1 aromatic carbocycles. The fourth-order valence-corrected chi connectivity index (χ4v) is 2.84. The number of amides is 1. The van der Waals surface area contributed by atoms with Gasteiger partial charge in [0.2, 0.25) is 0 Å². The Balaban J connectivity index is 1.86. The van der Waals surface area contributed by atoms with E-state index in [0.717, 1.165) is 51.4 Å². The Hall–Kier alpha value is -1.55. The second-order valence-corrected chi connectivity index (χ2v) is 5.08. The maximum atomic E-state index is 12.2. The Labute approximate surface area is 113 Å². The predicted octanol–water partition coefficient (Wildman–Crippen LogP) is 1.54. The molecule has 0 aromatic heterocycles. The minimum Gasteiger partial charge on any atom is -0.378 e. The zero-order chi connectivity index (χ0) is 13.2. The number of rotatable bonds is 2. The van der Waals surface area contributed by atoms with E-state index in [-0.39, 0.29) is 5.91 Å². The third-order valence-corrected chi connectivity index (χ3v) is 4.02. The molecule has 1 fully saturated rings. The van der Waals surface area contributed by atoms with Crippen LogP contribution in [-0.4, -0.2) is 50.2 Å². The molecule has 0 N–H and O–H groups in total. The summed E-state index contributed by atoms with van der Waals surface area (Å²) >= 11 is 0. The highest BCUT2D eigenvalue weighted by Gasteiger charge is 2.24. The Morgan fingerprint density at radius 1 is 1.21 bits per heavy atom. The fourth-order valence-electron chi connectivity index (χ4n) is 2.84. The molecule has 19 heavy (non-hydrogen) atoms. The zero-order valence-electron chi connectivity index (χ0n) is 11.4. The molecule has 0 bridgehead atoms. The van der Waals surface area contributed by atoms with Gasteiger partial charge in [0.1, 0.15) is 0 Å². The van der Waals surface area contributed by atoms with Crippen molar-refractivity contribution < 1.29 is 9.53 Å². The average molecular weight is 260 g/mol. The molecule has 0 spiro atoms. The first-order valence-electron chi connectivity index (χ1n) is 7.04. The summed E-state index contributed by atoms with van der Waals surface area (Å²) in [6.07, 6.45) is 0.965. The summed E-state index contributed by atoms with van der Waals surface area (Å²) in [7, 11) is 0. The van der Waals surface area contributed by atoms with E-state index in [0.29, 0.717) is 0 Å². The van der Waals surface area contributed by atoms with Gasteiger partial charge in [-0.05, 0) is 37.1 Å². The highest BCUT2D eigenvalue weighted by Crippen LogP contribution is 2.25. The van der Waals surface area contributed by atoms with Crippen molar-refractivity contribution in [3.63, 3.8) is 0 Å². The Morgan fingerprint density at radius 3 is 2.74 bits per heavy atom. The summed E-state index contributed by atoms with van der Waals surface area (Å²) in [5.74, 6) is 0.178. The lowest BCUT2D eigenvalue weighted by Crippen LogP contribution is -2.38. The van der Waals surface area contributed by atoms with Gasteiger partial charge in [-0.25, -0.2) is 0 Å². The van der Waals surface area contributed by atoms with E-state index in [9.17, 15) is 4.79 Å². The molecular weight excluding hydrogens is 240 g/mol. The fraction of sp³-hybridized carbons (Fsp3) is 0.533. The van der Waals surface area contributed by atoms with E-state index in [4.69, 9.17) is 4.74 Å². The molecule has 4 heteroatoms. The number of hydrogen-bond acceptors (Lipinski definition) is 3. The Morgan fingerprint density at radius 2 is 2.00 bits per heavy atom. The predicted molar refractivity (Wildman–Crippen MR) is 74.8 cm³/mol. The van der Waals surface area contributed by atoms with Crippen LogP contribution in [0.2, 0.25) is 0 Å². The monoisotopic (exact) mass is 260 g/mol. The molecule has 102 valence electrons. The van der Waals surface area contributed by atoms with Gasteiger partial charge in [-0.3, -0.25) is 4.79 Å². The minimum atomic E-state index is 0.178. The second kappa shape index (κ2) is 5.21. The number of benzene rings is 1. The summed E-state index contributed by atoms with van der Waals surface area (Å²) in [5, 5.41) is 0.